The number of rotatable bonds is 14. The molecule has 0 saturated heterocycles. The molecular formula is C18F34O6. The Kier molecular flexibility index (Phi) is 13.2. The Morgan fingerprint density at radius 2 is 0.414 bits per heavy atom. The highest BCUT2D eigenvalue weighted by Gasteiger charge is 2.94. The summed E-state index contributed by atoms with van der Waals surface area (Å²) in [6.45, 7) is 0. The molecule has 0 aliphatic carbocycles. The van der Waals surface area contributed by atoms with Crippen LogP contribution in [0.1, 0.15) is 0 Å². The number of halogens is 34. The van der Waals surface area contributed by atoms with E-state index in [1.165, 1.54) is 0 Å². The lowest BCUT2D eigenvalue weighted by atomic mass is 9.97. The first kappa shape index (κ1) is 54.5. The van der Waals surface area contributed by atoms with E-state index in [1.807, 2.05) is 0 Å². The lowest BCUT2D eigenvalue weighted by Gasteiger charge is -2.40. The topological polar surface area (TPSA) is 71.1 Å². The highest BCUT2D eigenvalue weighted by Crippen LogP contribution is 2.63. The van der Waals surface area contributed by atoms with Crippen LogP contribution in [0.25, 0.3) is 0 Å². The van der Waals surface area contributed by atoms with Crippen LogP contribution in [0, 0.1) is 0 Å². The first-order valence-corrected chi connectivity index (χ1v) is 11.7. The quantitative estimate of drug-likeness (QED) is 0.0982. The van der Waals surface area contributed by atoms with E-state index >= 15 is 0 Å². The van der Waals surface area contributed by atoms with Crippen LogP contribution in [0.2, 0.25) is 0 Å². The van der Waals surface area contributed by atoms with Crippen molar-refractivity contribution in [3.63, 3.8) is 0 Å². The van der Waals surface area contributed by atoms with E-state index in [4.69, 9.17) is 0 Å². The summed E-state index contributed by atoms with van der Waals surface area (Å²) in [5.41, 5.74) is 0. The monoisotopic (exact) mass is 958 g/mol. The van der Waals surface area contributed by atoms with Crippen LogP contribution >= 0.6 is 0 Å². The van der Waals surface area contributed by atoms with Gasteiger partial charge in [0.15, 0.2) is 0 Å². The average Bonchev–Trinajstić information content (AvgIpc) is 2.95. The SMILES string of the molecule is O=C(OOC(=O)C(F)(OC(F)(F)C(F)(F)C(F)(F)C(F)(F)C(F)(F)C(F)(F)F)C(F)(F)F)C(F)(OC(F)(F)C(F)(F)C(F)(F)C(F)(F)C(F)(F)C(F)(F)F)C(F)(F)F. The van der Waals surface area contributed by atoms with Crippen molar-refractivity contribution in [1.82, 2.24) is 0 Å². The van der Waals surface area contributed by atoms with E-state index in [-0.39, 0.29) is 0 Å². The van der Waals surface area contributed by atoms with Crippen LogP contribution < -0.4 is 0 Å². The second-order valence-corrected chi connectivity index (χ2v) is 9.76. The van der Waals surface area contributed by atoms with Crippen molar-refractivity contribution < 1.29 is 178 Å². The predicted octanol–water partition coefficient (Wildman–Crippen LogP) is 9.87. The van der Waals surface area contributed by atoms with Gasteiger partial charge in [-0.15, -0.1) is 0 Å². The third-order valence-corrected chi connectivity index (χ3v) is 5.79. The van der Waals surface area contributed by atoms with Crippen LogP contribution in [0.3, 0.4) is 0 Å². The summed E-state index contributed by atoms with van der Waals surface area (Å²) in [5, 5.41) is 0. The second kappa shape index (κ2) is 14.0. The Bertz CT molecular complexity index is 1400. The van der Waals surface area contributed by atoms with Crippen LogP contribution in [0.4, 0.5) is 149 Å². The first-order chi connectivity index (χ1) is 24.5. The van der Waals surface area contributed by atoms with Crippen molar-refractivity contribution in [3.8, 4) is 0 Å². The molecule has 0 aromatic carbocycles. The smallest absolute Gasteiger partial charge is 0.260 e. The molecular weight excluding hydrogens is 958 g/mol. The maximum Gasteiger partial charge on any atom is 0.460 e. The van der Waals surface area contributed by atoms with Crippen molar-refractivity contribution in [2.24, 2.45) is 0 Å². The van der Waals surface area contributed by atoms with Crippen molar-refractivity contribution in [1.29, 1.82) is 0 Å². The molecule has 0 rings (SSSR count). The molecule has 40 heteroatoms. The van der Waals surface area contributed by atoms with Crippen LogP contribution in [0.5, 0.6) is 0 Å². The van der Waals surface area contributed by atoms with Gasteiger partial charge in [0, 0.05) is 0 Å². The molecule has 0 amide bonds. The summed E-state index contributed by atoms with van der Waals surface area (Å²) >= 11 is 0. The van der Waals surface area contributed by atoms with Crippen molar-refractivity contribution in [2.45, 2.75) is 96.0 Å². The summed E-state index contributed by atoms with van der Waals surface area (Å²) in [6.07, 6.45) is -50.9. The molecule has 0 aliphatic rings. The fourth-order valence-corrected chi connectivity index (χ4v) is 2.61. The van der Waals surface area contributed by atoms with Gasteiger partial charge in [0.05, 0.1) is 0 Å². The largest absolute Gasteiger partial charge is 0.460 e. The van der Waals surface area contributed by atoms with Gasteiger partial charge in [0.2, 0.25) is 0 Å². The molecule has 2 unspecified atom stereocenters. The van der Waals surface area contributed by atoms with E-state index in [2.05, 4.69) is 0 Å². The minimum atomic E-state index is -9.22. The van der Waals surface area contributed by atoms with Gasteiger partial charge in [-0.3, -0.25) is 9.47 Å². The number of alkyl halides is 34. The lowest BCUT2D eigenvalue weighted by molar-refractivity contribution is -0.497. The normalized spacial score (nSPS) is 18.0. The minimum absolute atomic E-state index is 1.08. The molecule has 58 heavy (non-hydrogen) atoms. The molecule has 0 heterocycles. The summed E-state index contributed by atoms with van der Waals surface area (Å²) in [6, 6.07) is 0. The molecule has 0 aromatic heterocycles. The Hall–Kier alpha value is -3.52. The summed E-state index contributed by atoms with van der Waals surface area (Å²) in [4.78, 5) is 25.9. The fourth-order valence-electron chi connectivity index (χ4n) is 2.61. The van der Waals surface area contributed by atoms with Gasteiger partial charge < -0.3 is 0 Å². The molecule has 0 aromatic rings. The molecule has 2 atom stereocenters. The fraction of sp³-hybridized carbons (Fsp3) is 0.889. The molecule has 346 valence electrons. The van der Waals surface area contributed by atoms with E-state index in [9.17, 15) is 159 Å². The molecule has 0 bridgehead atoms. The first-order valence-electron chi connectivity index (χ1n) is 11.7. The number of hydrogen-bond acceptors (Lipinski definition) is 6. The highest BCUT2D eigenvalue weighted by molar-refractivity contribution is 5.82. The third kappa shape index (κ3) is 7.81. The zero-order valence-electron chi connectivity index (χ0n) is 24.3. The van der Waals surface area contributed by atoms with Crippen LogP contribution in [-0.4, -0.2) is 108 Å². The van der Waals surface area contributed by atoms with E-state index in [1.54, 1.807) is 9.78 Å². The second-order valence-electron chi connectivity index (χ2n) is 9.76. The van der Waals surface area contributed by atoms with Crippen molar-refractivity contribution in [3.05, 3.63) is 0 Å². The maximum absolute atomic E-state index is 14.2. The van der Waals surface area contributed by atoms with Gasteiger partial charge in [-0.05, 0) is 0 Å². The predicted molar refractivity (Wildman–Crippen MR) is 95.7 cm³/mol. The van der Waals surface area contributed by atoms with Gasteiger partial charge in [0.25, 0.3) is 0 Å². The van der Waals surface area contributed by atoms with E-state index in [0.29, 0.717) is 0 Å². The standard InChI is InChI=1S/C18F34O6/c19-3(13(37,38)39,57-17(49,50)11(33,34)7(25,26)5(21,22)9(29,30)15(43,44)45)1(53)55-56-2(54)4(20,14(40,41)42)58-18(51,52)12(35,36)8(27,28)6(23,24)10(31,32)16(46,47)48. The maximum atomic E-state index is 14.2. The Morgan fingerprint density at radius 1 is 0.241 bits per heavy atom. The van der Waals surface area contributed by atoms with Gasteiger partial charge in [-0.25, -0.2) is 19.4 Å². The average molecular weight is 958 g/mol. The minimum Gasteiger partial charge on any atom is -0.260 e. The summed E-state index contributed by atoms with van der Waals surface area (Å²) in [5.74, 6) is -99.6. The Morgan fingerprint density at radius 3 is 0.569 bits per heavy atom. The number of hydrogen-bond donors (Lipinski definition) is 0. The Balaban J connectivity index is 7.10. The van der Waals surface area contributed by atoms with Gasteiger partial charge in [-0.2, -0.15) is 149 Å². The van der Waals surface area contributed by atoms with Gasteiger partial charge in [0.1, 0.15) is 0 Å². The summed E-state index contributed by atoms with van der Waals surface area (Å²) in [7, 11) is 0. The number of carbonyl (C=O) groups excluding carboxylic acids is 2. The lowest BCUT2D eigenvalue weighted by Crippen LogP contribution is -2.72. The number of ether oxygens (including phenoxy) is 2. The Labute approximate surface area is 287 Å². The highest BCUT2D eigenvalue weighted by atomic mass is 19.5. The van der Waals surface area contributed by atoms with Gasteiger partial charge in [-0.1, -0.05) is 0 Å². The third-order valence-electron chi connectivity index (χ3n) is 5.79. The molecule has 0 aliphatic heterocycles. The van der Waals surface area contributed by atoms with Crippen LogP contribution in [-0.2, 0) is 28.8 Å². The van der Waals surface area contributed by atoms with Crippen LogP contribution in [0.15, 0.2) is 0 Å². The van der Waals surface area contributed by atoms with Gasteiger partial charge >= 0.3 is 108 Å². The number of carbonyl (C=O) groups is 2. The van der Waals surface area contributed by atoms with E-state index in [0.717, 1.165) is 9.47 Å². The van der Waals surface area contributed by atoms with Crippen molar-refractivity contribution >= 4 is 11.9 Å². The molecule has 6 nitrogen and oxygen atoms in total. The molecule has 0 fully saturated rings. The summed E-state index contributed by atoms with van der Waals surface area (Å²) < 4.78 is 448. The molecule has 0 spiro atoms. The zero-order valence-corrected chi connectivity index (χ0v) is 24.3. The van der Waals surface area contributed by atoms with Crippen molar-refractivity contribution in [2.75, 3.05) is 0 Å². The van der Waals surface area contributed by atoms with E-state index < -0.39 is 108 Å². The molecule has 0 radical (unpaired) electrons. The molecule has 0 saturated carbocycles. The zero-order chi connectivity index (χ0) is 48.0. The molecule has 0 N–H and O–H groups in total.